The van der Waals surface area contributed by atoms with Crippen LogP contribution in [-0.2, 0) is 4.79 Å². The van der Waals surface area contributed by atoms with E-state index in [1.165, 1.54) is 38.5 Å². The van der Waals surface area contributed by atoms with Gasteiger partial charge < -0.3 is 0 Å². The Kier molecular flexibility index (Phi) is 10.00. The molecule has 0 bridgehead atoms. The van der Waals surface area contributed by atoms with Crippen molar-refractivity contribution in [2.75, 3.05) is 0 Å². The fraction of sp³-hybridized carbons (Fsp3) is 0.900. The first-order chi connectivity index (χ1) is 6.31. The van der Waals surface area contributed by atoms with Crippen LogP contribution in [0, 0.1) is 0 Å². The van der Waals surface area contributed by atoms with E-state index < -0.39 is 0 Å². The second-order valence-electron chi connectivity index (χ2n) is 3.39. The molecule has 0 unspecified atom stereocenters. The quantitative estimate of drug-likeness (QED) is 0.518. The highest BCUT2D eigenvalue weighted by atomic mass is 79.9. The largest absolute Gasteiger partial charge is 0.293 e. The summed E-state index contributed by atoms with van der Waals surface area (Å²) >= 11 is 2.92. The molecule has 0 saturated heterocycles. The lowest BCUT2D eigenvalue weighted by Crippen LogP contribution is -2.10. The molecular weight excluding hydrogens is 230 g/mol. The van der Waals surface area contributed by atoms with Crippen molar-refractivity contribution < 1.29 is 4.79 Å². The minimum Gasteiger partial charge on any atom is -0.293 e. The Bertz CT molecular complexity index is 128. The highest BCUT2D eigenvalue weighted by molar-refractivity contribution is 9.08. The van der Waals surface area contributed by atoms with Crippen LogP contribution in [0.25, 0.3) is 0 Å². The van der Waals surface area contributed by atoms with Crippen molar-refractivity contribution in [3.05, 3.63) is 0 Å². The first-order valence-electron chi connectivity index (χ1n) is 5.20. The topological polar surface area (TPSA) is 29.1 Å². The van der Waals surface area contributed by atoms with Crippen LogP contribution in [0.1, 0.15) is 58.3 Å². The highest BCUT2D eigenvalue weighted by Crippen LogP contribution is 2.08. The van der Waals surface area contributed by atoms with Gasteiger partial charge in [0.05, 0.1) is 0 Å². The van der Waals surface area contributed by atoms with E-state index >= 15 is 0 Å². The third kappa shape index (κ3) is 9.87. The summed E-state index contributed by atoms with van der Waals surface area (Å²) in [6.07, 6.45) is 9.45. The lowest BCUT2D eigenvalue weighted by atomic mass is 10.1. The van der Waals surface area contributed by atoms with Gasteiger partial charge in [-0.15, -0.1) is 0 Å². The fourth-order valence-corrected chi connectivity index (χ4v) is 1.49. The molecule has 0 aromatic rings. The van der Waals surface area contributed by atoms with Gasteiger partial charge in [-0.2, -0.15) is 0 Å². The van der Waals surface area contributed by atoms with Gasteiger partial charge >= 0.3 is 0 Å². The minimum atomic E-state index is 0.0913. The Balaban J connectivity index is 2.95. The van der Waals surface area contributed by atoms with Gasteiger partial charge in [-0.25, -0.2) is 0 Å². The second kappa shape index (κ2) is 10.0. The SMILES string of the molecule is CCCCCCCCCC(=O)NBr. The maximum Gasteiger partial charge on any atom is 0.229 e. The monoisotopic (exact) mass is 249 g/mol. The Morgan fingerprint density at radius 1 is 1.08 bits per heavy atom. The molecule has 78 valence electrons. The molecule has 0 atom stereocenters. The summed E-state index contributed by atoms with van der Waals surface area (Å²) in [5.74, 6) is 0.0913. The molecule has 0 aromatic heterocycles. The summed E-state index contributed by atoms with van der Waals surface area (Å²) in [6, 6.07) is 0. The third-order valence-electron chi connectivity index (χ3n) is 2.11. The number of amides is 1. The smallest absolute Gasteiger partial charge is 0.229 e. The van der Waals surface area contributed by atoms with E-state index in [2.05, 4.69) is 27.4 Å². The van der Waals surface area contributed by atoms with Gasteiger partial charge in [0.25, 0.3) is 0 Å². The molecule has 0 radical (unpaired) electrons. The van der Waals surface area contributed by atoms with Gasteiger partial charge in [-0.3, -0.25) is 9.14 Å². The molecule has 13 heavy (non-hydrogen) atoms. The first-order valence-corrected chi connectivity index (χ1v) is 6.00. The van der Waals surface area contributed by atoms with Gasteiger partial charge in [0, 0.05) is 22.6 Å². The summed E-state index contributed by atoms with van der Waals surface area (Å²) in [5.41, 5.74) is 0. The van der Waals surface area contributed by atoms with Gasteiger partial charge in [-0.05, 0) is 6.42 Å². The Morgan fingerprint density at radius 2 is 1.62 bits per heavy atom. The molecular formula is C10H20BrNO. The zero-order valence-electron chi connectivity index (χ0n) is 8.44. The van der Waals surface area contributed by atoms with Crippen molar-refractivity contribution >= 4 is 22.1 Å². The molecule has 3 heteroatoms. The Morgan fingerprint density at radius 3 is 2.15 bits per heavy atom. The standard InChI is InChI=1S/C10H20BrNO/c1-2-3-4-5-6-7-8-9-10(13)12-11/h2-9H2,1H3,(H,12,13). The van der Waals surface area contributed by atoms with Crippen LogP contribution in [0.5, 0.6) is 0 Å². The molecule has 0 aliphatic carbocycles. The zero-order chi connectivity index (χ0) is 9.94. The van der Waals surface area contributed by atoms with E-state index in [1.54, 1.807) is 0 Å². The van der Waals surface area contributed by atoms with E-state index in [0.717, 1.165) is 6.42 Å². The zero-order valence-corrected chi connectivity index (χ0v) is 10.0. The van der Waals surface area contributed by atoms with Crippen LogP contribution < -0.4 is 4.34 Å². The molecule has 0 aliphatic rings. The molecule has 0 spiro atoms. The molecule has 0 aromatic carbocycles. The van der Waals surface area contributed by atoms with Crippen molar-refractivity contribution in [1.82, 2.24) is 4.34 Å². The molecule has 0 rings (SSSR count). The molecule has 0 fully saturated rings. The first kappa shape index (κ1) is 12.9. The number of hydrogen-bond donors (Lipinski definition) is 1. The number of nitrogens with one attached hydrogen (secondary N) is 1. The van der Waals surface area contributed by atoms with Crippen LogP contribution in [0.2, 0.25) is 0 Å². The second-order valence-corrected chi connectivity index (χ2v) is 3.79. The van der Waals surface area contributed by atoms with Crippen molar-refractivity contribution in [3.63, 3.8) is 0 Å². The molecule has 0 heterocycles. The van der Waals surface area contributed by atoms with Crippen molar-refractivity contribution in [3.8, 4) is 0 Å². The van der Waals surface area contributed by atoms with E-state index in [4.69, 9.17) is 0 Å². The summed E-state index contributed by atoms with van der Waals surface area (Å²) < 4.78 is 2.45. The number of unbranched alkanes of at least 4 members (excludes halogenated alkanes) is 6. The summed E-state index contributed by atoms with van der Waals surface area (Å²) in [4.78, 5) is 10.8. The van der Waals surface area contributed by atoms with E-state index in [9.17, 15) is 4.79 Å². The summed E-state index contributed by atoms with van der Waals surface area (Å²) in [6.45, 7) is 2.22. The van der Waals surface area contributed by atoms with Crippen LogP contribution >= 0.6 is 16.1 Å². The molecule has 2 nitrogen and oxygen atoms in total. The summed E-state index contributed by atoms with van der Waals surface area (Å²) in [5, 5.41) is 0. The maximum atomic E-state index is 10.8. The number of halogens is 1. The van der Waals surface area contributed by atoms with Crippen molar-refractivity contribution in [2.45, 2.75) is 58.3 Å². The fourth-order valence-electron chi connectivity index (χ4n) is 1.29. The van der Waals surface area contributed by atoms with Crippen molar-refractivity contribution in [2.24, 2.45) is 0 Å². The average molecular weight is 250 g/mol. The van der Waals surface area contributed by atoms with E-state index in [0.29, 0.717) is 6.42 Å². The molecule has 0 aliphatic heterocycles. The molecule has 1 amide bonds. The van der Waals surface area contributed by atoms with Crippen LogP contribution in [0.4, 0.5) is 0 Å². The van der Waals surface area contributed by atoms with E-state index in [1.807, 2.05) is 0 Å². The van der Waals surface area contributed by atoms with E-state index in [-0.39, 0.29) is 5.91 Å². The van der Waals surface area contributed by atoms with Crippen LogP contribution in [0.3, 0.4) is 0 Å². The van der Waals surface area contributed by atoms with Gasteiger partial charge in [-0.1, -0.05) is 45.4 Å². The lowest BCUT2D eigenvalue weighted by Gasteiger charge is -1.99. The van der Waals surface area contributed by atoms with Gasteiger partial charge in [0.1, 0.15) is 0 Å². The number of hydrogen-bond acceptors (Lipinski definition) is 1. The predicted molar refractivity (Wildman–Crippen MR) is 59.7 cm³/mol. The van der Waals surface area contributed by atoms with Crippen LogP contribution in [0.15, 0.2) is 0 Å². The average Bonchev–Trinajstić information content (AvgIpc) is 2.16. The van der Waals surface area contributed by atoms with Crippen molar-refractivity contribution in [1.29, 1.82) is 0 Å². The van der Waals surface area contributed by atoms with Gasteiger partial charge in [0.15, 0.2) is 0 Å². The third-order valence-corrected chi connectivity index (χ3v) is 2.56. The molecule has 0 saturated carbocycles. The summed E-state index contributed by atoms with van der Waals surface area (Å²) in [7, 11) is 0. The normalized spacial score (nSPS) is 10.0. The maximum absolute atomic E-state index is 10.8. The van der Waals surface area contributed by atoms with Crippen LogP contribution in [-0.4, -0.2) is 5.91 Å². The number of rotatable bonds is 8. The molecule has 1 N–H and O–H groups in total. The minimum absolute atomic E-state index is 0.0913. The Hall–Kier alpha value is -0.0500. The Labute approximate surface area is 89.8 Å². The number of carbonyl (C=O) groups is 1. The lowest BCUT2D eigenvalue weighted by molar-refractivity contribution is -0.119. The predicted octanol–water partition coefficient (Wildman–Crippen LogP) is 3.55. The number of carbonyl (C=O) groups excluding carboxylic acids is 1. The highest BCUT2D eigenvalue weighted by Gasteiger charge is 1.97. The van der Waals surface area contributed by atoms with Gasteiger partial charge in [0.2, 0.25) is 5.91 Å².